The summed E-state index contributed by atoms with van der Waals surface area (Å²) in [6, 6.07) is 5.80. The first-order valence-electron chi connectivity index (χ1n) is 7.91. The van der Waals surface area contributed by atoms with E-state index in [1.165, 1.54) is 38.5 Å². The van der Waals surface area contributed by atoms with Crippen molar-refractivity contribution in [2.24, 2.45) is 0 Å². The molecule has 0 aliphatic carbocycles. The second-order valence-corrected chi connectivity index (χ2v) is 5.73. The molecule has 0 radical (unpaired) electrons. The van der Waals surface area contributed by atoms with Gasteiger partial charge in [-0.1, -0.05) is 45.4 Å². The summed E-state index contributed by atoms with van der Waals surface area (Å²) in [7, 11) is 0. The summed E-state index contributed by atoms with van der Waals surface area (Å²) in [5, 5.41) is 0. The highest BCUT2D eigenvalue weighted by Gasteiger charge is 2.26. The molecule has 0 fully saturated rings. The number of carbonyl (C=O) groups excluding carboxylic acids is 1. The molecule has 1 aromatic rings. The van der Waals surface area contributed by atoms with Crippen LogP contribution >= 0.6 is 0 Å². The molecule has 0 saturated heterocycles. The number of nitrogens with two attached hydrogens (primary N) is 1. The van der Waals surface area contributed by atoms with E-state index in [1.54, 1.807) is 0 Å². The van der Waals surface area contributed by atoms with Crippen LogP contribution in [0.25, 0.3) is 0 Å². The summed E-state index contributed by atoms with van der Waals surface area (Å²) in [5.41, 5.74) is 8.66. The Kier molecular flexibility index (Phi) is 5.45. The van der Waals surface area contributed by atoms with E-state index in [-0.39, 0.29) is 5.91 Å². The average Bonchev–Trinajstić information content (AvgIpc) is 2.73. The van der Waals surface area contributed by atoms with Crippen LogP contribution < -0.4 is 10.6 Å². The van der Waals surface area contributed by atoms with Gasteiger partial charge < -0.3 is 10.6 Å². The molecule has 20 heavy (non-hydrogen) atoms. The average molecular weight is 274 g/mol. The van der Waals surface area contributed by atoms with E-state index in [0.717, 1.165) is 29.9 Å². The van der Waals surface area contributed by atoms with Crippen molar-refractivity contribution in [3.63, 3.8) is 0 Å². The minimum atomic E-state index is 0.219. The van der Waals surface area contributed by atoms with E-state index < -0.39 is 0 Å². The Morgan fingerprint density at radius 1 is 1.10 bits per heavy atom. The zero-order chi connectivity index (χ0) is 14.4. The highest BCUT2D eigenvalue weighted by atomic mass is 16.2. The van der Waals surface area contributed by atoms with Gasteiger partial charge >= 0.3 is 0 Å². The highest BCUT2D eigenvalue weighted by Crippen LogP contribution is 2.30. The van der Waals surface area contributed by atoms with Gasteiger partial charge in [-0.05, 0) is 30.2 Å². The molecule has 0 bridgehead atoms. The van der Waals surface area contributed by atoms with E-state index >= 15 is 0 Å². The Labute approximate surface area is 122 Å². The van der Waals surface area contributed by atoms with Gasteiger partial charge in [0.15, 0.2) is 0 Å². The Hall–Kier alpha value is -1.51. The third-order valence-electron chi connectivity index (χ3n) is 4.02. The molecule has 0 unspecified atom stereocenters. The van der Waals surface area contributed by atoms with Crippen LogP contribution in [-0.2, 0) is 11.2 Å². The lowest BCUT2D eigenvalue weighted by atomic mass is 10.1. The maximum absolute atomic E-state index is 12.0. The number of hydrogen-bond acceptors (Lipinski definition) is 2. The predicted molar refractivity (Wildman–Crippen MR) is 84.9 cm³/mol. The van der Waals surface area contributed by atoms with Crippen molar-refractivity contribution in [3.05, 3.63) is 23.8 Å². The molecule has 2 N–H and O–H groups in total. The molecule has 3 nitrogen and oxygen atoms in total. The monoisotopic (exact) mass is 274 g/mol. The minimum Gasteiger partial charge on any atom is -0.399 e. The Morgan fingerprint density at radius 3 is 2.55 bits per heavy atom. The number of nitrogens with zero attached hydrogens (tertiary/aromatic N) is 1. The smallest absolute Gasteiger partial charge is 0.231 e. The first-order chi connectivity index (χ1) is 9.72. The number of rotatable bonds is 8. The molecule has 1 aliphatic rings. The maximum Gasteiger partial charge on any atom is 0.231 e. The first kappa shape index (κ1) is 14.9. The van der Waals surface area contributed by atoms with Gasteiger partial charge in [0.25, 0.3) is 0 Å². The summed E-state index contributed by atoms with van der Waals surface area (Å²) < 4.78 is 0. The van der Waals surface area contributed by atoms with E-state index in [1.807, 2.05) is 23.1 Å². The summed E-state index contributed by atoms with van der Waals surface area (Å²) in [5.74, 6) is 0.219. The zero-order valence-corrected chi connectivity index (χ0v) is 12.5. The lowest BCUT2D eigenvalue weighted by Gasteiger charge is -2.17. The van der Waals surface area contributed by atoms with Crippen molar-refractivity contribution in [3.8, 4) is 0 Å². The zero-order valence-electron chi connectivity index (χ0n) is 12.5. The van der Waals surface area contributed by atoms with Crippen molar-refractivity contribution in [1.29, 1.82) is 0 Å². The summed E-state index contributed by atoms with van der Waals surface area (Å²) in [6.07, 6.45) is 9.44. The summed E-state index contributed by atoms with van der Waals surface area (Å²) in [6.45, 7) is 3.09. The molecule has 1 heterocycles. The van der Waals surface area contributed by atoms with Crippen LogP contribution in [0.5, 0.6) is 0 Å². The van der Waals surface area contributed by atoms with Crippen LogP contribution in [0.2, 0.25) is 0 Å². The van der Waals surface area contributed by atoms with Gasteiger partial charge in [0.1, 0.15) is 0 Å². The van der Waals surface area contributed by atoms with Gasteiger partial charge in [-0.3, -0.25) is 4.79 Å². The fraction of sp³-hybridized carbons (Fsp3) is 0.588. The van der Waals surface area contributed by atoms with Gasteiger partial charge in [0, 0.05) is 17.9 Å². The largest absolute Gasteiger partial charge is 0.399 e. The van der Waals surface area contributed by atoms with Gasteiger partial charge in [-0.2, -0.15) is 0 Å². The van der Waals surface area contributed by atoms with Crippen LogP contribution in [0.4, 0.5) is 11.4 Å². The summed E-state index contributed by atoms with van der Waals surface area (Å²) in [4.78, 5) is 14.0. The highest BCUT2D eigenvalue weighted by molar-refractivity contribution is 6.01. The lowest BCUT2D eigenvalue weighted by Crippen LogP contribution is -2.27. The molecule has 1 aliphatic heterocycles. The Balaban J connectivity index is 1.75. The number of nitrogen functional groups attached to an aromatic ring is 1. The van der Waals surface area contributed by atoms with Crippen molar-refractivity contribution >= 4 is 17.3 Å². The fourth-order valence-corrected chi connectivity index (χ4v) is 2.88. The lowest BCUT2D eigenvalue weighted by molar-refractivity contribution is -0.117. The predicted octanol–water partition coefficient (Wildman–Crippen LogP) is 3.91. The quantitative estimate of drug-likeness (QED) is 0.577. The molecular formula is C17H26N2O. The summed E-state index contributed by atoms with van der Waals surface area (Å²) >= 11 is 0. The number of carbonyl (C=O) groups is 1. The number of anilines is 2. The molecule has 1 amide bonds. The van der Waals surface area contributed by atoms with E-state index in [4.69, 9.17) is 5.73 Å². The topological polar surface area (TPSA) is 46.3 Å². The van der Waals surface area contributed by atoms with Crippen molar-refractivity contribution in [2.75, 3.05) is 17.2 Å². The van der Waals surface area contributed by atoms with Gasteiger partial charge in [-0.15, -0.1) is 0 Å². The van der Waals surface area contributed by atoms with Crippen LogP contribution in [0.1, 0.15) is 57.4 Å². The molecule has 0 saturated carbocycles. The molecule has 110 valence electrons. The third-order valence-corrected chi connectivity index (χ3v) is 4.02. The number of fused-ring (bicyclic) bond motifs is 1. The van der Waals surface area contributed by atoms with Crippen LogP contribution in [0.3, 0.4) is 0 Å². The van der Waals surface area contributed by atoms with E-state index in [9.17, 15) is 4.79 Å². The first-order valence-corrected chi connectivity index (χ1v) is 7.91. The Morgan fingerprint density at radius 2 is 1.80 bits per heavy atom. The van der Waals surface area contributed by atoms with E-state index in [2.05, 4.69) is 6.92 Å². The Bertz CT molecular complexity index is 456. The van der Waals surface area contributed by atoms with Gasteiger partial charge in [-0.25, -0.2) is 0 Å². The number of unbranched alkanes of at least 4 members (excludes halogenated alkanes) is 6. The second-order valence-electron chi connectivity index (χ2n) is 5.73. The van der Waals surface area contributed by atoms with E-state index in [0.29, 0.717) is 6.42 Å². The number of benzene rings is 1. The van der Waals surface area contributed by atoms with Gasteiger partial charge in [0.2, 0.25) is 5.91 Å². The van der Waals surface area contributed by atoms with Crippen LogP contribution in [0.15, 0.2) is 18.2 Å². The third kappa shape index (κ3) is 3.75. The normalized spacial score (nSPS) is 13.8. The van der Waals surface area contributed by atoms with Crippen molar-refractivity contribution in [2.45, 2.75) is 58.3 Å². The SMILES string of the molecule is CCCCCCCCCN1C(=O)Cc2cc(N)ccc21. The van der Waals surface area contributed by atoms with Crippen LogP contribution in [0, 0.1) is 0 Å². The number of hydrogen-bond donors (Lipinski definition) is 1. The molecule has 2 rings (SSSR count). The van der Waals surface area contributed by atoms with Crippen molar-refractivity contribution in [1.82, 2.24) is 0 Å². The molecule has 0 aromatic heterocycles. The fourth-order valence-electron chi connectivity index (χ4n) is 2.88. The minimum absolute atomic E-state index is 0.219. The van der Waals surface area contributed by atoms with Crippen LogP contribution in [-0.4, -0.2) is 12.5 Å². The maximum atomic E-state index is 12.0. The number of amides is 1. The molecule has 0 atom stereocenters. The second kappa shape index (κ2) is 7.32. The van der Waals surface area contributed by atoms with Crippen molar-refractivity contribution < 1.29 is 4.79 Å². The van der Waals surface area contributed by atoms with Gasteiger partial charge in [0.05, 0.1) is 6.42 Å². The standard InChI is InChI=1S/C17H26N2O/c1-2-3-4-5-6-7-8-11-19-16-10-9-15(18)12-14(16)13-17(19)20/h9-10,12H,2-8,11,13,18H2,1H3. The molecular weight excluding hydrogens is 248 g/mol. The molecule has 3 heteroatoms. The molecule has 0 spiro atoms. The molecule has 1 aromatic carbocycles.